The zero-order valence-electron chi connectivity index (χ0n) is 10.1. The molecule has 0 bridgehead atoms. The number of hydrogen-bond acceptors (Lipinski definition) is 6. The van der Waals surface area contributed by atoms with Gasteiger partial charge in [0.05, 0.1) is 0 Å². The van der Waals surface area contributed by atoms with Gasteiger partial charge in [0, 0.05) is 7.11 Å². The third kappa shape index (κ3) is 2.34. The van der Waals surface area contributed by atoms with E-state index in [0.29, 0.717) is 18.8 Å². The number of nitrogens with two attached hydrogens (primary N) is 1. The molecule has 1 fully saturated rings. The number of nitrogens with zero attached hydrogens (tertiary/aromatic N) is 2. The van der Waals surface area contributed by atoms with Crippen molar-refractivity contribution in [2.45, 2.75) is 43.8 Å². The summed E-state index contributed by atoms with van der Waals surface area (Å²) in [5, 5.41) is 13.6. The van der Waals surface area contributed by atoms with Gasteiger partial charge >= 0.3 is 0 Å². The predicted molar refractivity (Wildman–Crippen MR) is 60.1 cm³/mol. The summed E-state index contributed by atoms with van der Waals surface area (Å²) in [6.07, 6.45) is 3.63. The maximum atomic E-state index is 9.72. The van der Waals surface area contributed by atoms with Gasteiger partial charge in [-0.25, -0.2) is 0 Å². The molecular weight excluding hydrogens is 222 g/mol. The normalized spacial score (nSPS) is 20.6. The van der Waals surface area contributed by atoms with Crippen LogP contribution in [0.1, 0.15) is 49.9 Å². The van der Waals surface area contributed by atoms with E-state index in [1.165, 1.54) is 0 Å². The molecular formula is C11H19N3O3. The lowest BCUT2D eigenvalue weighted by atomic mass is 10.0. The Morgan fingerprint density at radius 1 is 1.53 bits per heavy atom. The molecule has 96 valence electrons. The monoisotopic (exact) mass is 241 g/mol. The summed E-state index contributed by atoms with van der Waals surface area (Å²) in [4.78, 5) is 4.25. The average molecular weight is 241 g/mol. The standard InChI is InChI=1S/C11H19N3O3/c1-16-11(5-2-3-6-11)10-13-9(17-14-10)8(15)4-7-12/h8,15H,2-7,12H2,1H3/t8-/m0/s1. The van der Waals surface area contributed by atoms with Crippen molar-refractivity contribution in [3.05, 3.63) is 11.7 Å². The van der Waals surface area contributed by atoms with E-state index in [9.17, 15) is 5.11 Å². The van der Waals surface area contributed by atoms with E-state index in [4.69, 9.17) is 15.0 Å². The fourth-order valence-electron chi connectivity index (χ4n) is 2.30. The molecule has 1 aromatic heterocycles. The Bertz CT molecular complexity index is 361. The topological polar surface area (TPSA) is 94.4 Å². The smallest absolute Gasteiger partial charge is 0.255 e. The third-order valence-electron chi connectivity index (χ3n) is 3.38. The lowest BCUT2D eigenvalue weighted by Gasteiger charge is -2.22. The van der Waals surface area contributed by atoms with E-state index >= 15 is 0 Å². The molecule has 0 saturated heterocycles. The van der Waals surface area contributed by atoms with E-state index in [1.54, 1.807) is 7.11 Å². The van der Waals surface area contributed by atoms with Gasteiger partial charge in [-0.3, -0.25) is 0 Å². The van der Waals surface area contributed by atoms with Gasteiger partial charge in [-0.05, 0) is 38.6 Å². The van der Waals surface area contributed by atoms with Gasteiger partial charge in [-0.2, -0.15) is 4.98 Å². The number of rotatable bonds is 5. The second-order valence-corrected chi connectivity index (χ2v) is 4.45. The Balaban J connectivity index is 2.16. The molecule has 0 aromatic carbocycles. The first-order valence-electron chi connectivity index (χ1n) is 5.99. The number of hydrogen-bond donors (Lipinski definition) is 2. The van der Waals surface area contributed by atoms with Crippen molar-refractivity contribution >= 4 is 0 Å². The van der Waals surface area contributed by atoms with E-state index < -0.39 is 11.7 Å². The number of aromatic nitrogens is 2. The molecule has 6 nitrogen and oxygen atoms in total. The molecule has 17 heavy (non-hydrogen) atoms. The fourth-order valence-corrected chi connectivity index (χ4v) is 2.30. The van der Waals surface area contributed by atoms with Crippen LogP contribution in [0.2, 0.25) is 0 Å². The minimum atomic E-state index is -0.781. The molecule has 6 heteroatoms. The van der Waals surface area contributed by atoms with Crippen LogP contribution in [0, 0.1) is 0 Å². The SMILES string of the molecule is COC1(c2noc([C@@H](O)CCN)n2)CCCC1. The summed E-state index contributed by atoms with van der Waals surface area (Å²) >= 11 is 0. The van der Waals surface area contributed by atoms with Crippen LogP contribution in [0.15, 0.2) is 4.52 Å². The Kier molecular flexibility index (Phi) is 3.76. The molecule has 1 aromatic rings. The largest absolute Gasteiger partial charge is 0.383 e. The third-order valence-corrected chi connectivity index (χ3v) is 3.38. The number of methoxy groups -OCH3 is 1. The number of aliphatic hydroxyl groups is 1. The van der Waals surface area contributed by atoms with Crippen LogP contribution in [-0.4, -0.2) is 28.9 Å². The molecule has 3 N–H and O–H groups in total. The average Bonchev–Trinajstić information content (AvgIpc) is 2.99. The Labute approximate surface area is 100 Å². The van der Waals surface area contributed by atoms with Crippen molar-refractivity contribution in [3.8, 4) is 0 Å². The van der Waals surface area contributed by atoms with Crippen molar-refractivity contribution in [2.24, 2.45) is 5.73 Å². The lowest BCUT2D eigenvalue weighted by molar-refractivity contribution is -0.0178. The Morgan fingerprint density at radius 3 is 2.82 bits per heavy atom. The summed E-state index contributed by atoms with van der Waals surface area (Å²) in [5.74, 6) is 0.775. The molecule has 2 rings (SSSR count). The molecule has 0 unspecified atom stereocenters. The number of ether oxygens (including phenoxy) is 1. The van der Waals surface area contributed by atoms with Crippen LogP contribution in [0.3, 0.4) is 0 Å². The van der Waals surface area contributed by atoms with Gasteiger partial charge in [0.2, 0.25) is 5.82 Å². The highest BCUT2D eigenvalue weighted by Gasteiger charge is 2.40. The van der Waals surface area contributed by atoms with Crippen molar-refractivity contribution < 1.29 is 14.4 Å². The van der Waals surface area contributed by atoms with Crippen LogP contribution < -0.4 is 5.73 Å². The molecule has 1 heterocycles. The summed E-state index contributed by atoms with van der Waals surface area (Å²) in [6.45, 7) is 0.383. The van der Waals surface area contributed by atoms with E-state index in [2.05, 4.69) is 10.1 Å². The second kappa shape index (κ2) is 5.12. The maximum Gasteiger partial charge on any atom is 0.255 e. The zero-order chi connectivity index (χ0) is 12.3. The van der Waals surface area contributed by atoms with Gasteiger partial charge in [-0.1, -0.05) is 5.16 Å². The molecule has 0 radical (unpaired) electrons. The van der Waals surface area contributed by atoms with Crippen molar-refractivity contribution in [2.75, 3.05) is 13.7 Å². The Morgan fingerprint density at radius 2 is 2.24 bits per heavy atom. The highest BCUT2D eigenvalue weighted by molar-refractivity contribution is 5.05. The van der Waals surface area contributed by atoms with E-state index in [0.717, 1.165) is 25.7 Å². The first-order valence-corrected chi connectivity index (χ1v) is 5.99. The summed E-state index contributed by atoms with van der Waals surface area (Å²) in [7, 11) is 1.66. The van der Waals surface area contributed by atoms with Crippen molar-refractivity contribution in [3.63, 3.8) is 0 Å². The molecule has 1 saturated carbocycles. The fraction of sp³-hybridized carbons (Fsp3) is 0.818. The molecule has 1 atom stereocenters. The summed E-state index contributed by atoms with van der Waals surface area (Å²) < 4.78 is 10.6. The predicted octanol–water partition coefficient (Wildman–Crippen LogP) is 0.867. The zero-order valence-corrected chi connectivity index (χ0v) is 10.1. The first kappa shape index (κ1) is 12.5. The first-order chi connectivity index (χ1) is 8.22. The molecule has 0 amide bonds. The van der Waals surface area contributed by atoms with Crippen LogP contribution in [0.4, 0.5) is 0 Å². The second-order valence-electron chi connectivity index (χ2n) is 4.45. The quantitative estimate of drug-likeness (QED) is 0.794. The van der Waals surface area contributed by atoms with Gasteiger partial charge in [0.25, 0.3) is 5.89 Å². The van der Waals surface area contributed by atoms with Crippen LogP contribution in [-0.2, 0) is 10.3 Å². The molecule has 1 aliphatic carbocycles. The minimum Gasteiger partial charge on any atom is -0.383 e. The van der Waals surface area contributed by atoms with E-state index in [1.807, 2.05) is 0 Å². The maximum absolute atomic E-state index is 9.72. The highest BCUT2D eigenvalue weighted by atomic mass is 16.5. The van der Waals surface area contributed by atoms with Gasteiger partial charge < -0.3 is 20.1 Å². The van der Waals surface area contributed by atoms with Gasteiger partial charge in [-0.15, -0.1) is 0 Å². The number of aliphatic hydroxyl groups excluding tert-OH is 1. The van der Waals surface area contributed by atoms with Crippen LogP contribution in [0.25, 0.3) is 0 Å². The van der Waals surface area contributed by atoms with Gasteiger partial charge in [0.15, 0.2) is 0 Å². The molecule has 1 aliphatic rings. The van der Waals surface area contributed by atoms with Crippen LogP contribution >= 0.6 is 0 Å². The van der Waals surface area contributed by atoms with E-state index in [-0.39, 0.29) is 5.89 Å². The van der Waals surface area contributed by atoms with Crippen LogP contribution in [0.5, 0.6) is 0 Å². The van der Waals surface area contributed by atoms with Crippen molar-refractivity contribution in [1.82, 2.24) is 10.1 Å². The lowest BCUT2D eigenvalue weighted by Crippen LogP contribution is -2.26. The van der Waals surface area contributed by atoms with Crippen molar-refractivity contribution in [1.29, 1.82) is 0 Å². The highest BCUT2D eigenvalue weighted by Crippen LogP contribution is 2.40. The minimum absolute atomic E-state index is 0.230. The van der Waals surface area contributed by atoms with Gasteiger partial charge in [0.1, 0.15) is 11.7 Å². The summed E-state index contributed by atoms with van der Waals surface area (Å²) in [6, 6.07) is 0. The molecule has 0 aliphatic heterocycles. The molecule has 0 spiro atoms. The summed E-state index contributed by atoms with van der Waals surface area (Å²) in [5.41, 5.74) is 4.95. The Hall–Kier alpha value is -0.980.